The molecule has 0 fully saturated rings. The van der Waals surface area contributed by atoms with E-state index in [4.69, 9.17) is 9.84 Å². The maximum atomic E-state index is 11.6. The van der Waals surface area contributed by atoms with Crippen molar-refractivity contribution in [2.24, 2.45) is 0 Å². The Hall–Kier alpha value is -3.08. The summed E-state index contributed by atoms with van der Waals surface area (Å²) in [5.41, 5.74) is 2.46. The Bertz CT molecular complexity index is 742. The fraction of sp³-hybridized carbons (Fsp3) is 0.158. The molecule has 2 N–H and O–H groups in total. The summed E-state index contributed by atoms with van der Waals surface area (Å²) in [6.45, 7) is 0. The highest BCUT2D eigenvalue weighted by atomic mass is 16.5. The van der Waals surface area contributed by atoms with E-state index in [9.17, 15) is 14.7 Å². The van der Waals surface area contributed by atoms with Gasteiger partial charge >= 0.3 is 5.97 Å². The maximum absolute atomic E-state index is 11.6. The van der Waals surface area contributed by atoms with Gasteiger partial charge in [0.2, 0.25) is 0 Å². The van der Waals surface area contributed by atoms with Crippen LogP contribution in [-0.4, -0.2) is 29.1 Å². The standard InChI is InChI=1S/C19H18O5/c1-24-17-9-6-14(7-10-17)13-2-4-15(5-3-13)18(21)12-16(20)8-11-19(22)23/h2-7,9-10,12,21H,8,11H2,1H3,(H,22,23). The average molecular weight is 326 g/mol. The SMILES string of the molecule is COc1ccc(-c2ccc(C(O)=CC(=O)CCC(=O)O)cc2)cc1. The quantitative estimate of drug-likeness (QED) is 0.599. The molecule has 0 saturated carbocycles. The number of hydrogen-bond donors (Lipinski definition) is 2. The Morgan fingerprint density at radius 2 is 1.46 bits per heavy atom. The van der Waals surface area contributed by atoms with Gasteiger partial charge in [-0.25, -0.2) is 0 Å². The maximum Gasteiger partial charge on any atom is 0.303 e. The number of aliphatic hydroxyl groups excluding tert-OH is 1. The van der Waals surface area contributed by atoms with E-state index in [0.29, 0.717) is 5.56 Å². The van der Waals surface area contributed by atoms with Gasteiger partial charge in [0.1, 0.15) is 11.5 Å². The highest BCUT2D eigenvalue weighted by Crippen LogP contribution is 2.24. The van der Waals surface area contributed by atoms with Crippen LogP contribution in [0.3, 0.4) is 0 Å². The molecular weight excluding hydrogens is 308 g/mol. The summed E-state index contributed by atoms with van der Waals surface area (Å²) in [4.78, 5) is 22.0. The van der Waals surface area contributed by atoms with Crippen LogP contribution in [0.25, 0.3) is 16.9 Å². The van der Waals surface area contributed by atoms with Crippen LogP contribution in [0.4, 0.5) is 0 Å². The molecule has 0 aliphatic rings. The highest BCUT2D eigenvalue weighted by Gasteiger charge is 2.07. The van der Waals surface area contributed by atoms with Gasteiger partial charge in [0.15, 0.2) is 5.78 Å². The van der Waals surface area contributed by atoms with Crippen molar-refractivity contribution in [1.82, 2.24) is 0 Å². The van der Waals surface area contributed by atoms with Gasteiger partial charge in [-0.05, 0) is 23.3 Å². The van der Waals surface area contributed by atoms with Crippen LogP contribution in [0, 0.1) is 0 Å². The van der Waals surface area contributed by atoms with Crippen LogP contribution in [0.1, 0.15) is 18.4 Å². The summed E-state index contributed by atoms with van der Waals surface area (Å²) < 4.78 is 5.12. The molecule has 2 rings (SSSR count). The number of carboxylic acids is 1. The van der Waals surface area contributed by atoms with Crippen molar-refractivity contribution >= 4 is 17.5 Å². The fourth-order valence-corrected chi connectivity index (χ4v) is 2.16. The molecule has 2 aromatic carbocycles. The Balaban J connectivity index is 2.10. The lowest BCUT2D eigenvalue weighted by Crippen LogP contribution is -2.01. The number of aliphatic carboxylic acids is 1. The summed E-state index contributed by atoms with van der Waals surface area (Å²) in [6.07, 6.45) is 0.674. The summed E-state index contributed by atoms with van der Waals surface area (Å²) in [6, 6.07) is 14.7. The number of allylic oxidation sites excluding steroid dienone is 1. The number of rotatable bonds is 7. The van der Waals surface area contributed by atoms with Crippen LogP contribution in [0.5, 0.6) is 5.75 Å². The number of ketones is 1. The van der Waals surface area contributed by atoms with Crippen LogP contribution < -0.4 is 4.74 Å². The predicted molar refractivity (Wildman–Crippen MR) is 90.9 cm³/mol. The number of carbonyl (C=O) groups is 2. The first-order valence-electron chi connectivity index (χ1n) is 7.40. The van der Waals surface area contributed by atoms with Gasteiger partial charge in [0.25, 0.3) is 0 Å². The molecule has 24 heavy (non-hydrogen) atoms. The average Bonchev–Trinajstić information content (AvgIpc) is 2.60. The summed E-state index contributed by atoms with van der Waals surface area (Å²) >= 11 is 0. The Morgan fingerprint density at radius 3 is 1.96 bits per heavy atom. The largest absolute Gasteiger partial charge is 0.507 e. The second-order valence-corrected chi connectivity index (χ2v) is 5.20. The molecule has 0 bridgehead atoms. The zero-order chi connectivity index (χ0) is 17.5. The van der Waals surface area contributed by atoms with Gasteiger partial charge in [0.05, 0.1) is 13.5 Å². The zero-order valence-electron chi connectivity index (χ0n) is 13.2. The van der Waals surface area contributed by atoms with Crippen LogP contribution in [0.2, 0.25) is 0 Å². The van der Waals surface area contributed by atoms with E-state index in [-0.39, 0.29) is 18.6 Å². The lowest BCUT2D eigenvalue weighted by molar-refractivity contribution is -0.138. The predicted octanol–water partition coefficient (Wildman–Crippen LogP) is 3.70. The van der Waals surface area contributed by atoms with Crippen molar-refractivity contribution in [3.05, 3.63) is 60.2 Å². The summed E-state index contributed by atoms with van der Waals surface area (Å²) in [5.74, 6) is -0.864. The van der Waals surface area contributed by atoms with E-state index in [2.05, 4.69) is 0 Å². The first kappa shape index (κ1) is 17.3. The third-order valence-electron chi connectivity index (χ3n) is 3.49. The van der Waals surface area contributed by atoms with Gasteiger partial charge in [-0.3, -0.25) is 9.59 Å². The van der Waals surface area contributed by atoms with Crippen molar-refractivity contribution in [1.29, 1.82) is 0 Å². The number of carbonyl (C=O) groups excluding carboxylic acids is 1. The second-order valence-electron chi connectivity index (χ2n) is 5.20. The van der Waals surface area contributed by atoms with Crippen LogP contribution in [0.15, 0.2) is 54.6 Å². The van der Waals surface area contributed by atoms with Crippen molar-refractivity contribution < 1.29 is 24.5 Å². The number of hydrogen-bond acceptors (Lipinski definition) is 4. The number of methoxy groups -OCH3 is 1. The molecule has 0 heterocycles. The number of benzene rings is 2. The van der Waals surface area contributed by atoms with Crippen molar-refractivity contribution in [2.45, 2.75) is 12.8 Å². The first-order chi connectivity index (χ1) is 11.5. The molecule has 0 amide bonds. The summed E-state index contributed by atoms with van der Waals surface area (Å²) in [5, 5.41) is 18.5. The highest BCUT2D eigenvalue weighted by molar-refractivity contribution is 5.96. The third kappa shape index (κ3) is 4.71. The molecule has 0 aliphatic heterocycles. The third-order valence-corrected chi connectivity index (χ3v) is 3.49. The van der Waals surface area contributed by atoms with Crippen LogP contribution in [-0.2, 0) is 9.59 Å². The summed E-state index contributed by atoms with van der Waals surface area (Å²) in [7, 11) is 1.61. The van der Waals surface area contributed by atoms with E-state index in [1.807, 2.05) is 36.4 Å². The Kier molecular flexibility index (Phi) is 5.73. The molecule has 0 radical (unpaired) electrons. The Labute approximate surface area is 139 Å². The van der Waals surface area contributed by atoms with Crippen molar-refractivity contribution in [3.63, 3.8) is 0 Å². The van der Waals surface area contributed by atoms with Crippen LogP contribution >= 0.6 is 0 Å². The normalized spacial score (nSPS) is 11.1. The molecule has 5 nitrogen and oxygen atoms in total. The molecule has 2 aromatic rings. The lowest BCUT2D eigenvalue weighted by Gasteiger charge is -2.05. The minimum atomic E-state index is -1.04. The topological polar surface area (TPSA) is 83.8 Å². The lowest BCUT2D eigenvalue weighted by atomic mass is 10.0. The first-order valence-corrected chi connectivity index (χ1v) is 7.40. The molecule has 0 aliphatic carbocycles. The molecule has 0 unspecified atom stereocenters. The van der Waals surface area contributed by atoms with Gasteiger partial charge in [-0.2, -0.15) is 0 Å². The minimum Gasteiger partial charge on any atom is -0.507 e. The van der Waals surface area contributed by atoms with Gasteiger partial charge < -0.3 is 14.9 Å². The smallest absolute Gasteiger partial charge is 0.303 e. The van der Waals surface area contributed by atoms with E-state index >= 15 is 0 Å². The van der Waals surface area contributed by atoms with Crippen molar-refractivity contribution in [2.75, 3.05) is 7.11 Å². The fourth-order valence-electron chi connectivity index (χ4n) is 2.16. The number of carboxylic acid groups (broad SMARTS) is 1. The number of aliphatic hydroxyl groups is 1. The number of ether oxygens (including phenoxy) is 1. The van der Waals surface area contributed by atoms with Crippen molar-refractivity contribution in [3.8, 4) is 16.9 Å². The molecule has 124 valence electrons. The Morgan fingerprint density at radius 1 is 0.917 bits per heavy atom. The van der Waals surface area contributed by atoms with Gasteiger partial charge in [0, 0.05) is 18.1 Å². The van der Waals surface area contributed by atoms with E-state index in [1.165, 1.54) is 0 Å². The van der Waals surface area contributed by atoms with E-state index < -0.39 is 11.8 Å². The molecule has 0 saturated heterocycles. The van der Waals surface area contributed by atoms with Gasteiger partial charge in [-0.15, -0.1) is 0 Å². The monoisotopic (exact) mass is 326 g/mol. The molecule has 5 heteroatoms. The zero-order valence-corrected chi connectivity index (χ0v) is 13.2. The molecule has 0 atom stereocenters. The van der Waals surface area contributed by atoms with E-state index in [0.717, 1.165) is 23.0 Å². The molecule has 0 aromatic heterocycles. The molecule has 0 spiro atoms. The molecular formula is C19H18O5. The van der Waals surface area contributed by atoms with Gasteiger partial charge in [-0.1, -0.05) is 36.4 Å². The minimum absolute atomic E-state index is 0.136. The second kappa shape index (κ2) is 7.97. The van der Waals surface area contributed by atoms with E-state index in [1.54, 1.807) is 19.2 Å².